The van der Waals surface area contributed by atoms with Gasteiger partial charge in [-0.3, -0.25) is 0 Å². The van der Waals surface area contributed by atoms with Crippen molar-refractivity contribution < 1.29 is 0 Å². The zero-order chi connectivity index (χ0) is 37.0. The smallest absolute Gasteiger partial charge is 0.164 e. The maximum atomic E-state index is 5.20. The van der Waals surface area contributed by atoms with Gasteiger partial charge in [-0.25, -0.2) is 15.0 Å². The normalized spacial score (nSPS) is 11.6. The Morgan fingerprint density at radius 1 is 0.339 bits per heavy atom. The monoisotopic (exact) mass is 732 g/mol. The molecule has 4 nitrogen and oxygen atoms in total. The lowest BCUT2D eigenvalue weighted by Gasteiger charge is -2.12. The summed E-state index contributed by atoms with van der Waals surface area (Å²) in [5.41, 5.74) is 11.0. The molecule has 0 bridgehead atoms. The number of nitrogens with zero attached hydrogens (tertiary/aromatic N) is 4. The first-order valence-electron chi connectivity index (χ1n) is 18.8. The average Bonchev–Trinajstić information content (AvgIpc) is 3.82. The van der Waals surface area contributed by atoms with Crippen molar-refractivity contribution >= 4 is 53.3 Å². The van der Waals surface area contributed by atoms with E-state index in [1.54, 1.807) is 0 Å². The van der Waals surface area contributed by atoms with E-state index in [2.05, 4.69) is 174 Å². The van der Waals surface area contributed by atoms with Crippen LogP contribution in [0, 0.1) is 0 Å². The number of benzene rings is 8. The summed E-state index contributed by atoms with van der Waals surface area (Å²) >= 11 is 1.81. The fourth-order valence-corrected chi connectivity index (χ4v) is 9.17. The second-order valence-electron chi connectivity index (χ2n) is 14.0. The van der Waals surface area contributed by atoms with Gasteiger partial charge in [0.2, 0.25) is 0 Å². The van der Waals surface area contributed by atoms with Crippen LogP contribution in [0.15, 0.2) is 194 Å². The first-order valence-corrected chi connectivity index (χ1v) is 19.6. The molecular weight excluding hydrogens is 701 g/mol. The number of hydrogen-bond acceptors (Lipinski definition) is 4. The Balaban J connectivity index is 1.13. The van der Waals surface area contributed by atoms with Gasteiger partial charge < -0.3 is 4.57 Å². The highest BCUT2D eigenvalue weighted by atomic mass is 32.1. The van der Waals surface area contributed by atoms with Gasteiger partial charge in [0.15, 0.2) is 17.5 Å². The first kappa shape index (κ1) is 32.2. The van der Waals surface area contributed by atoms with E-state index in [4.69, 9.17) is 15.0 Å². The maximum absolute atomic E-state index is 5.20. The summed E-state index contributed by atoms with van der Waals surface area (Å²) in [6, 6.07) is 68.6. The number of hydrogen-bond donors (Lipinski definition) is 0. The van der Waals surface area contributed by atoms with Crippen molar-refractivity contribution in [3.05, 3.63) is 194 Å². The second-order valence-corrected chi connectivity index (χ2v) is 15.1. The Morgan fingerprint density at radius 3 is 1.59 bits per heavy atom. The van der Waals surface area contributed by atoms with Crippen molar-refractivity contribution in [2.75, 3.05) is 0 Å². The van der Waals surface area contributed by atoms with E-state index in [-0.39, 0.29) is 0 Å². The van der Waals surface area contributed by atoms with Gasteiger partial charge in [0, 0.05) is 53.3 Å². The highest BCUT2D eigenvalue weighted by Crippen LogP contribution is 2.44. The van der Waals surface area contributed by atoms with E-state index in [9.17, 15) is 0 Å². The zero-order valence-electron chi connectivity index (χ0n) is 30.2. The third-order valence-corrected chi connectivity index (χ3v) is 11.8. The Morgan fingerprint density at radius 2 is 0.857 bits per heavy atom. The van der Waals surface area contributed by atoms with Crippen LogP contribution in [0.4, 0.5) is 0 Å². The summed E-state index contributed by atoms with van der Waals surface area (Å²) in [4.78, 5) is 15.4. The molecule has 3 aromatic heterocycles. The molecule has 11 aromatic rings. The predicted molar refractivity (Wildman–Crippen MR) is 234 cm³/mol. The molecule has 8 aromatic carbocycles. The molecule has 0 atom stereocenters. The minimum Gasteiger partial charge on any atom is -0.309 e. The Labute approximate surface area is 327 Å². The molecule has 0 fully saturated rings. The molecule has 0 aliphatic rings. The molecule has 0 spiro atoms. The van der Waals surface area contributed by atoms with E-state index in [0.29, 0.717) is 17.5 Å². The van der Waals surface area contributed by atoms with Crippen LogP contribution in [0.25, 0.3) is 104 Å². The molecule has 0 amide bonds. The van der Waals surface area contributed by atoms with Crippen LogP contribution in [0.5, 0.6) is 0 Å². The predicted octanol–water partition coefficient (Wildman–Crippen LogP) is 13.7. The minimum absolute atomic E-state index is 0.640. The third-order valence-electron chi connectivity index (χ3n) is 10.7. The van der Waals surface area contributed by atoms with E-state index in [0.717, 1.165) is 39.1 Å². The van der Waals surface area contributed by atoms with Crippen LogP contribution in [0.2, 0.25) is 0 Å². The zero-order valence-corrected chi connectivity index (χ0v) is 31.0. The minimum atomic E-state index is 0.640. The molecule has 262 valence electrons. The van der Waals surface area contributed by atoms with Gasteiger partial charge in [-0.05, 0) is 70.8 Å². The molecule has 5 heteroatoms. The van der Waals surface area contributed by atoms with Gasteiger partial charge in [0.05, 0.1) is 11.0 Å². The number of rotatable bonds is 6. The molecule has 0 saturated heterocycles. The Hall–Kier alpha value is -7.21. The summed E-state index contributed by atoms with van der Waals surface area (Å²) in [5.74, 6) is 1.93. The number of aromatic nitrogens is 4. The topological polar surface area (TPSA) is 43.6 Å². The molecular formula is C51H32N4S. The van der Waals surface area contributed by atoms with Crippen LogP contribution in [-0.2, 0) is 0 Å². The molecule has 0 unspecified atom stereocenters. The molecule has 0 radical (unpaired) electrons. The fourth-order valence-electron chi connectivity index (χ4n) is 8.00. The second kappa shape index (κ2) is 13.3. The summed E-state index contributed by atoms with van der Waals surface area (Å²) in [7, 11) is 0. The molecule has 56 heavy (non-hydrogen) atoms. The standard InChI is InChI=1S/C51H32N4S/c1-4-14-33(15-5-1)34-24-26-36(27-25-34)50-52-49(35-16-6-2-7-17-35)53-51(54-50)38-31-42(48-41-21-11-13-23-46(41)56-47(48)32-38)37-28-29-45-43(30-37)40-20-10-12-22-44(40)55(45)39-18-8-3-9-19-39/h1-32H. The van der Waals surface area contributed by atoms with Gasteiger partial charge in [-0.15, -0.1) is 11.3 Å². The van der Waals surface area contributed by atoms with Crippen LogP contribution in [-0.4, -0.2) is 19.5 Å². The van der Waals surface area contributed by atoms with Gasteiger partial charge in [-0.2, -0.15) is 0 Å². The van der Waals surface area contributed by atoms with Crippen molar-refractivity contribution in [3.8, 4) is 62.1 Å². The van der Waals surface area contributed by atoms with Crippen molar-refractivity contribution in [3.63, 3.8) is 0 Å². The van der Waals surface area contributed by atoms with Gasteiger partial charge in [-0.1, -0.05) is 146 Å². The molecule has 0 saturated carbocycles. The van der Waals surface area contributed by atoms with E-state index in [1.165, 1.54) is 47.5 Å². The molecule has 0 N–H and O–H groups in total. The number of para-hydroxylation sites is 2. The Kier molecular flexibility index (Phi) is 7.64. The van der Waals surface area contributed by atoms with Gasteiger partial charge in [0.25, 0.3) is 0 Å². The van der Waals surface area contributed by atoms with Crippen LogP contribution >= 0.6 is 11.3 Å². The quantitative estimate of drug-likeness (QED) is 0.171. The average molecular weight is 733 g/mol. The van der Waals surface area contributed by atoms with Crippen molar-refractivity contribution in [2.45, 2.75) is 0 Å². The maximum Gasteiger partial charge on any atom is 0.164 e. The van der Waals surface area contributed by atoms with Crippen LogP contribution in [0.1, 0.15) is 0 Å². The van der Waals surface area contributed by atoms with E-state index in [1.807, 2.05) is 35.6 Å². The van der Waals surface area contributed by atoms with E-state index >= 15 is 0 Å². The highest BCUT2D eigenvalue weighted by Gasteiger charge is 2.19. The van der Waals surface area contributed by atoms with Gasteiger partial charge in [0.1, 0.15) is 0 Å². The van der Waals surface area contributed by atoms with Gasteiger partial charge >= 0.3 is 0 Å². The van der Waals surface area contributed by atoms with Crippen LogP contribution in [0.3, 0.4) is 0 Å². The molecule has 0 aliphatic heterocycles. The lowest BCUT2D eigenvalue weighted by molar-refractivity contribution is 1.07. The van der Waals surface area contributed by atoms with Crippen molar-refractivity contribution in [1.29, 1.82) is 0 Å². The number of thiophene rings is 1. The lowest BCUT2D eigenvalue weighted by atomic mass is 9.95. The summed E-state index contributed by atoms with van der Waals surface area (Å²) in [6.45, 7) is 0. The van der Waals surface area contributed by atoms with Crippen molar-refractivity contribution in [1.82, 2.24) is 19.5 Å². The SMILES string of the molecule is c1ccc(-c2ccc(-c3nc(-c4ccccc4)nc(-c4cc(-c5ccc6c(c5)c5ccccc5n6-c5ccccc5)c5c(c4)sc4ccccc45)n3)cc2)cc1. The Bertz CT molecular complexity index is 3220. The summed E-state index contributed by atoms with van der Waals surface area (Å²) in [6.07, 6.45) is 0. The summed E-state index contributed by atoms with van der Waals surface area (Å²) < 4.78 is 4.81. The van der Waals surface area contributed by atoms with Crippen molar-refractivity contribution in [2.24, 2.45) is 0 Å². The molecule has 11 rings (SSSR count). The fraction of sp³-hybridized carbons (Fsp3) is 0. The van der Waals surface area contributed by atoms with Crippen LogP contribution < -0.4 is 0 Å². The third kappa shape index (κ3) is 5.48. The lowest BCUT2D eigenvalue weighted by Crippen LogP contribution is -2.00. The highest BCUT2D eigenvalue weighted by molar-refractivity contribution is 7.26. The number of fused-ring (bicyclic) bond motifs is 6. The van der Waals surface area contributed by atoms with E-state index < -0.39 is 0 Å². The molecule has 3 heterocycles. The molecule has 0 aliphatic carbocycles. The summed E-state index contributed by atoms with van der Waals surface area (Å²) in [5, 5.41) is 4.94. The largest absolute Gasteiger partial charge is 0.309 e. The first-order chi connectivity index (χ1) is 27.7.